The first-order valence-corrected chi connectivity index (χ1v) is 43.3. The standard InChI is InChI=1S/C77H150O17P2/c1-5-9-13-17-21-25-28-31-33-35-36-37-39-41-44-48-52-56-60-64-77(82)94-73(68-88-75(80)62-58-54-50-46-43-40-38-34-32-29-26-22-18-14-10-6-2)70-92-96(85,86)90-66-71(78)65-89-95(83,84)91-69-72(67-87-74(79)61-57-53-49-45-24-20-16-12-8-4)93-76(81)63-59-55-51-47-42-30-27-23-19-15-11-7-3/h71-73,78H,5-70H2,1-4H3,(H,83,84)(H,85,86)/t71-,72+,73+/m0/s1. The summed E-state index contributed by atoms with van der Waals surface area (Å²) in [5.74, 6) is -2.11. The number of unbranched alkanes of at least 4 members (excludes halogenated alkanes) is 52. The van der Waals surface area contributed by atoms with Gasteiger partial charge < -0.3 is 33.8 Å². The molecule has 0 aromatic carbocycles. The van der Waals surface area contributed by atoms with Crippen LogP contribution in [-0.4, -0.2) is 96.7 Å². The summed E-state index contributed by atoms with van der Waals surface area (Å²) in [5.41, 5.74) is 0. The molecule has 0 rings (SSSR count). The van der Waals surface area contributed by atoms with Crippen molar-refractivity contribution in [3.63, 3.8) is 0 Å². The maximum atomic E-state index is 13.1. The second-order valence-corrected chi connectivity index (χ2v) is 30.7. The Morgan fingerprint density at radius 3 is 0.615 bits per heavy atom. The molecule has 3 N–H and O–H groups in total. The third-order valence-corrected chi connectivity index (χ3v) is 20.0. The second-order valence-electron chi connectivity index (χ2n) is 27.7. The van der Waals surface area contributed by atoms with Crippen molar-refractivity contribution in [1.29, 1.82) is 0 Å². The molecule has 0 saturated carbocycles. The Labute approximate surface area is 588 Å². The number of rotatable bonds is 78. The number of phosphoric acid groups is 2. The van der Waals surface area contributed by atoms with E-state index >= 15 is 0 Å². The number of esters is 4. The van der Waals surface area contributed by atoms with Crippen LogP contribution in [0.5, 0.6) is 0 Å². The molecule has 19 heteroatoms. The molecule has 0 radical (unpaired) electrons. The number of carbonyl (C=O) groups excluding carboxylic acids is 4. The van der Waals surface area contributed by atoms with Gasteiger partial charge in [-0.2, -0.15) is 0 Å². The highest BCUT2D eigenvalue weighted by molar-refractivity contribution is 7.47. The Morgan fingerprint density at radius 2 is 0.417 bits per heavy atom. The number of aliphatic hydroxyl groups is 1. The van der Waals surface area contributed by atoms with Crippen LogP contribution in [0.4, 0.5) is 0 Å². The lowest BCUT2D eigenvalue weighted by Crippen LogP contribution is -2.30. The number of hydrogen-bond donors (Lipinski definition) is 3. The molecule has 0 heterocycles. The van der Waals surface area contributed by atoms with Crippen molar-refractivity contribution >= 4 is 39.5 Å². The van der Waals surface area contributed by atoms with Crippen LogP contribution in [0.1, 0.15) is 413 Å². The fourth-order valence-corrected chi connectivity index (χ4v) is 13.5. The van der Waals surface area contributed by atoms with Crippen molar-refractivity contribution in [2.75, 3.05) is 39.6 Å². The van der Waals surface area contributed by atoms with Gasteiger partial charge in [-0.1, -0.05) is 362 Å². The highest BCUT2D eigenvalue weighted by Crippen LogP contribution is 2.45. The minimum Gasteiger partial charge on any atom is -0.462 e. The molecule has 0 fully saturated rings. The van der Waals surface area contributed by atoms with Crippen molar-refractivity contribution in [3.8, 4) is 0 Å². The van der Waals surface area contributed by atoms with Crippen molar-refractivity contribution in [2.45, 2.75) is 431 Å². The Kier molecular flexibility index (Phi) is 70.0. The Morgan fingerprint density at radius 1 is 0.250 bits per heavy atom. The van der Waals surface area contributed by atoms with Crippen LogP contribution in [0, 0.1) is 0 Å². The molecule has 96 heavy (non-hydrogen) atoms. The Bertz CT molecular complexity index is 1830. The van der Waals surface area contributed by atoms with Gasteiger partial charge in [0.15, 0.2) is 12.2 Å². The number of aliphatic hydroxyl groups excluding tert-OH is 1. The SMILES string of the molecule is CCCCCCCCCCCCCCCCCCCCCC(=O)O[C@H](COC(=O)CCCCCCCCCCCCCCCCCC)COP(=O)(O)OC[C@@H](O)COP(=O)(O)OC[C@@H](COC(=O)CCCCCCCCCCC)OC(=O)CCCCCCCCCCCCCC. The van der Waals surface area contributed by atoms with Gasteiger partial charge in [0.1, 0.15) is 19.3 Å². The van der Waals surface area contributed by atoms with E-state index < -0.39 is 97.5 Å². The third-order valence-electron chi connectivity index (χ3n) is 18.1. The maximum Gasteiger partial charge on any atom is 0.472 e. The van der Waals surface area contributed by atoms with Gasteiger partial charge in [0.25, 0.3) is 0 Å². The molecular weight excluding hydrogens is 1260 g/mol. The zero-order valence-corrected chi connectivity index (χ0v) is 64.1. The van der Waals surface area contributed by atoms with Gasteiger partial charge in [-0.25, -0.2) is 9.13 Å². The largest absolute Gasteiger partial charge is 0.472 e. The summed E-state index contributed by atoms with van der Waals surface area (Å²) in [5, 5.41) is 10.6. The van der Waals surface area contributed by atoms with Gasteiger partial charge in [0, 0.05) is 25.7 Å². The van der Waals surface area contributed by atoms with E-state index in [1.54, 1.807) is 0 Å². The summed E-state index contributed by atoms with van der Waals surface area (Å²) in [6.45, 7) is 4.98. The lowest BCUT2D eigenvalue weighted by Gasteiger charge is -2.21. The first-order valence-electron chi connectivity index (χ1n) is 40.3. The summed E-state index contributed by atoms with van der Waals surface area (Å²) >= 11 is 0. The van der Waals surface area contributed by atoms with E-state index in [-0.39, 0.29) is 25.7 Å². The highest BCUT2D eigenvalue weighted by Gasteiger charge is 2.30. The number of ether oxygens (including phenoxy) is 4. The van der Waals surface area contributed by atoms with Gasteiger partial charge in [-0.3, -0.25) is 37.3 Å². The average molecular weight is 1410 g/mol. The van der Waals surface area contributed by atoms with Crippen LogP contribution in [0.15, 0.2) is 0 Å². The highest BCUT2D eigenvalue weighted by atomic mass is 31.2. The predicted molar refractivity (Wildman–Crippen MR) is 391 cm³/mol. The van der Waals surface area contributed by atoms with Crippen molar-refractivity contribution in [3.05, 3.63) is 0 Å². The molecule has 0 amide bonds. The number of carbonyl (C=O) groups is 4. The number of phosphoric ester groups is 2. The zero-order valence-electron chi connectivity index (χ0n) is 62.4. The molecule has 0 saturated heterocycles. The van der Waals surface area contributed by atoms with Crippen LogP contribution in [-0.2, 0) is 65.4 Å². The van der Waals surface area contributed by atoms with Crippen LogP contribution in [0.3, 0.4) is 0 Å². The van der Waals surface area contributed by atoms with Crippen LogP contribution < -0.4 is 0 Å². The first-order chi connectivity index (χ1) is 46.7. The van der Waals surface area contributed by atoms with Crippen molar-refractivity contribution < 1.29 is 80.2 Å². The van der Waals surface area contributed by atoms with E-state index in [9.17, 15) is 43.2 Å². The van der Waals surface area contributed by atoms with E-state index in [4.69, 9.17) is 37.0 Å². The quantitative estimate of drug-likeness (QED) is 0.0222. The van der Waals surface area contributed by atoms with E-state index in [0.29, 0.717) is 25.7 Å². The minimum absolute atomic E-state index is 0.108. The third kappa shape index (κ3) is 70.5. The summed E-state index contributed by atoms with van der Waals surface area (Å²) in [7, 11) is -9.91. The van der Waals surface area contributed by atoms with Crippen LogP contribution in [0.25, 0.3) is 0 Å². The molecule has 0 aliphatic heterocycles. The lowest BCUT2D eigenvalue weighted by atomic mass is 10.0. The van der Waals surface area contributed by atoms with Crippen molar-refractivity contribution in [2.24, 2.45) is 0 Å². The minimum atomic E-state index is -4.96. The van der Waals surface area contributed by atoms with Gasteiger partial charge in [-0.05, 0) is 25.7 Å². The van der Waals surface area contributed by atoms with Gasteiger partial charge >= 0.3 is 39.5 Å². The van der Waals surface area contributed by atoms with Gasteiger partial charge in [-0.15, -0.1) is 0 Å². The maximum absolute atomic E-state index is 13.1. The molecule has 0 aromatic heterocycles. The smallest absolute Gasteiger partial charge is 0.462 e. The molecule has 17 nitrogen and oxygen atoms in total. The van der Waals surface area contributed by atoms with Crippen molar-refractivity contribution in [1.82, 2.24) is 0 Å². The Hall–Kier alpha value is -1.94. The van der Waals surface area contributed by atoms with Crippen LogP contribution in [0.2, 0.25) is 0 Å². The van der Waals surface area contributed by atoms with E-state index in [0.717, 1.165) is 89.9 Å². The second kappa shape index (κ2) is 71.5. The molecule has 0 aliphatic rings. The predicted octanol–water partition coefficient (Wildman–Crippen LogP) is 23.0. The average Bonchev–Trinajstić information content (AvgIpc) is 1.32. The van der Waals surface area contributed by atoms with Crippen LogP contribution >= 0.6 is 15.6 Å². The summed E-state index contributed by atoms with van der Waals surface area (Å²) in [6.07, 6.45) is 62.4. The first kappa shape index (κ1) is 94.1. The molecule has 2 unspecified atom stereocenters. The summed E-state index contributed by atoms with van der Waals surface area (Å²) in [6, 6.07) is 0. The Balaban J connectivity index is 5.21. The lowest BCUT2D eigenvalue weighted by molar-refractivity contribution is -0.161. The molecule has 0 spiro atoms. The van der Waals surface area contributed by atoms with E-state index in [1.165, 1.54) is 244 Å². The van der Waals surface area contributed by atoms with E-state index in [1.807, 2.05) is 0 Å². The van der Waals surface area contributed by atoms with Gasteiger partial charge in [0.05, 0.1) is 26.4 Å². The molecule has 5 atom stereocenters. The normalized spacial score (nSPS) is 13.9. The molecular formula is C77H150O17P2. The number of hydrogen-bond acceptors (Lipinski definition) is 15. The molecule has 0 bridgehead atoms. The van der Waals surface area contributed by atoms with Gasteiger partial charge in [0.2, 0.25) is 0 Å². The molecule has 0 aromatic rings. The fraction of sp³-hybridized carbons (Fsp3) is 0.948. The fourth-order valence-electron chi connectivity index (χ4n) is 11.9. The monoisotopic (exact) mass is 1410 g/mol. The topological polar surface area (TPSA) is 237 Å². The zero-order chi connectivity index (χ0) is 70.4. The molecule has 570 valence electrons. The summed E-state index contributed by atoms with van der Waals surface area (Å²) < 4.78 is 68.5. The summed E-state index contributed by atoms with van der Waals surface area (Å²) in [4.78, 5) is 72.8. The molecule has 0 aliphatic carbocycles. The van der Waals surface area contributed by atoms with E-state index in [2.05, 4.69) is 27.7 Å².